The summed E-state index contributed by atoms with van der Waals surface area (Å²) in [5.41, 5.74) is 6.97. The molecule has 1 fully saturated rings. The summed E-state index contributed by atoms with van der Waals surface area (Å²) in [5.74, 6) is 3.84. The first kappa shape index (κ1) is 17.4. The molecule has 0 atom stereocenters. The van der Waals surface area contributed by atoms with Crippen LogP contribution >= 0.6 is 35.7 Å². The number of hydrogen-bond acceptors (Lipinski definition) is 4. The van der Waals surface area contributed by atoms with Crippen molar-refractivity contribution >= 4 is 47.5 Å². The number of guanidine groups is 1. The van der Waals surface area contributed by atoms with Crippen LogP contribution in [-0.2, 0) is 6.54 Å². The molecule has 0 saturated carbocycles. The molecule has 2 heterocycles. The lowest BCUT2D eigenvalue weighted by atomic mass is 10.3. The van der Waals surface area contributed by atoms with E-state index in [1.807, 2.05) is 49.0 Å². The van der Waals surface area contributed by atoms with E-state index in [1.54, 1.807) is 0 Å². The van der Waals surface area contributed by atoms with Crippen LogP contribution in [0.25, 0.3) is 0 Å². The third-order valence-electron chi connectivity index (χ3n) is 2.99. The van der Waals surface area contributed by atoms with Gasteiger partial charge in [0.05, 0.1) is 12.2 Å². The molecule has 20 heavy (non-hydrogen) atoms. The summed E-state index contributed by atoms with van der Waals surface area (Å²) < 4.78 is 0. The van der Waals surface area contributed by atoms with Gasteiger partial charge in [-0.3, -0.25) is 0 Å². The van der Waals surface area contributed by atoms with Crippen LogP contribution in [0.15, 0.2) is 23.2 Å². The van der Waals surface area contributed by atoms with E-state index in [9.17, 15) is 0 Å². The maximum absolute atomic E-state index is 6.02. The highest BCUT2D eigenvalue weighted by Crippen LogP contribution is 2.10. The summed E-state index contributed by atoms with van der Waals surface area (Å²) >= 11 is 1.97. The van der Waals surface area contributed by atoms with Gasteiger partial charge in [0.15, 0.2) is 5.96 Å². The van der Waals surface area contributed by atoms with E-state index in [2.05, 4.69) is 14.9 Å². The van der Waals surface area contributed by atoms with Gasteiger partial charge in [-0.25, -0.2) is 9.98 Å². The van der Waals surface area contributed by atoms with Gasteiger partial charge in [-0.1, -0.05) is 6.07 Å². The van der Waals surface area contributed by atoms with E-state index >= 15 is 0 Å². The van der Waals surface area contributed by atoms with Crippen molar-refractivity contribution in [3.05, 3.63) is 23.9 Å². The molecule has 5 nitrogen and oxygen atoms in total. The van der Waals surface area contributed by atoms with Crippen molar-refractivity contribution in [2.45, 2.75) is 6.54 Å². The molecule has 1 aromatic heterocycles. The van der Waals surface area contributed by atoms with Crippen molar-refractivity contribution < 1.29 is 0 Å². The summed E-state index contributed by atoms with van der Waals surface area (Å²) in [6.45, 7) is 2.52. The molecule has 0 bridgehead atoms. The number of aliphatic imine (C=N–C) groups is 1. The number of hydrogen-bond donors (Lipinski definition) is 1. The number of thioether (sulfide) groups is 1. The Morgan fingerprint density at radius 2 is 2.10 bits per heavy atom. The van der Waals surface area contributed by atoms with Crippen LogP contribution in [0.2, 0.25) is 0 Å². The van der Waals surface area contributed by atoms with Gasteiger partial charge < -0.3 is 15.5 Å². The molecule has 0 aromatic carbocycles. The summed E-state index contributed by atoms with van der Waals surface area (Å²) in [6, 6.07) is 5.97. The molecule has 2 N–H and O–H groups in total. The summed E-state index contributed by atoms with van der Waals surface area (Å²) in [6.07, 6.45) is 0. The minimum Gasteiger partial charge on any atom is -0.370 e. The number of rotatable bonds is 3. The van der Waals surface area contributed by atoms with Crippen molar-refractivity contribution in [1.82, 2.24) is 9.88 Å². The van der Waals surface area contributed by atoms with E-state index in [0.29, 0.717) is 12.5 Å². The first-order valence-corrected chi connectivity index (χ1v) is 7.58. The van der Waals surface area contributed by atoms with Gasteiger partial charge in [-0.2, -0.15) is 11.8 Å². The van der Waals surface area contributed by atoms with E-state index in [4.69, 9.17) is 5.73 Å². The molecule has 0 unspecified atom stereocenters. The Morgan fingerprint density at radius 1 is 1.40 bits per heavy atom. The zero-order chi connectivity index (χ0) is 13.7. The van der Waals surface area contributed by atoms with Gasteiger partial charge in [-0.05, 0) is 12.1 Å². The minimum absolute atomic E-state index is 0. The fourth-order valence-corrected chi connectivity index (χ4v) is 2.76. The van der Waals surface area contributed by atoms with Gasteiger partial charge in [0.2, 0.25) is 0 Å². The van der Waals surface area contributed by atoms with Gasteiger partial charge in [0.1, 0.15) is 5.82 Å². The molecule has 0 spiro atoms. The molecule has 1 aliphatic rings. The number of pyridine rings is 1. The fourth-order valence-electron chi connectivity index (χ4n) is 1.86. The highest BCUT2D eigenvalue weighted by Gasteiger charge is 2.11. The lowest BCUT2D eigenvalue weighted by molar-refractivity contribution is 0.455. The van der Waals surface area contributed by atoms with Gasteiger partial charge >= 0.3 is 0 Å². The lowest BCUT2D eigenvalue weighted by Gasteiger charge is -2.27. The first-order chi connectivity index (χ1) is 9.16. The maximum atomic E-state index is 6.02. The van der Waals surface area contributed by atoms with E-state index in [1.165, 1.54) is 0 Å². The monoisotopic (exact) mass is 407 g/mol. The van der Waals surface area contributed by atoms with E-state index < -0.39 is 0 Å². The second-order valence-corrected chi connectivity index (χ2v) is 5.88. The average molecular weight is 407 g/mol. The molecule has 1 aromatic rings. The number of aromatic nitrogens is 1. The standard InChI is InChI=1S/C13H21N5S.HI/c1-17(2)12-5-3-4-11(16-12)10-15-13(14)18-6-8-19-9-7-18;/h3-5H,6-10H2,1-2H3,(H2,14,15);1H. The van der Waals surface area contributed by atoms with E-state index in [-0.39, 0.29) is 24.0 Å². The molecule has 1 aliphatic heterocycles. The van der Waals surface area contributed by atoms with Gasteiger partial charge in [-0.15, -0.1) is 24.0 Å². The Bertz CT molecular complexity index is 446. The highest BCUT2D eigenvalue weighted by atomic mass is 127. The summed E-state index contributed by atoms with van der Waals surface area (Å²) in [7, 11) is 3.96. The normalized spacial score (nSPS) is 15.7. The smallest absolute Gasteiger partial charge is 0.191 e. The quantitative estimate of drug-likeness (QED) is 0.469. The zero-order valence-corrected chi connectivity index (χ0v) is 15.1. The molecule has 0 aliphatic carbocycles. The van der Waals surface area contributed by atoms with Crippen LogP contribution in [0.4, 0.5) is 5.82 Å². The maximum Gasteiger partial charge on any atom is 0.191 e. The van der Waals surface area contributed by atoms with Crippen molar-refractivity contribution in [2.75, 3.05) is 43.6 Å². The van der Waals surface area contributed by atoms with Crippen molar-refractivity contribution in [2.24, 2.45) is 10.7 Å². The highest BCUT2D eigenvalue weighted by molar-refractivity contribution is 14.0. The predicted octanol–water partition coefficient (Wildman–Crippen LogP) is 1.63. The Kier molecular flexibility index (Phi) is 7.42. The predicted molar refractivity (Wildman–Crippen MR) is 98.2 cm³/mol. The molecular formula is C13H22IN5S. The molecule has 0 radical (unpaired) electrons. The van der Waals surface area contributed by atoms with Crippen LogP contribution in [0.5, 0.6) is 0 Å². The van der Waals surface area contributed by atoms with Crippen LogP contribution in [0.3, 0.4) is 0 Å². The Morgan fingerprint density at radius 3 is 2.75 bits per heavy atom. The summed E-state index contributed by atoms with van der Waals surface area (Å²) in [5, 5.41) is 0. The van der Waals surface area contributed by atoms with Crippen molar-refractivity contribution in [3.8, 4) is 0 Å². The third-order valence-corrected chi connectivity index (χ3v) is 3.93. The van der Waals surface area contributed by atoms with Crippen LogP contribution < -0.4 is 10.6 Å². The molecule has 7 heteroatoms. The van der Waals surface area contributed by atoms with Gasteiger partial charge in [0, 0.05) is 38.7 Å². The molecular weight excluding hydrogens is 385 g/mol. The Labute approximate surface area is 142 Å². The SMILES string of the molecule is CN(C)c1cccc(CN=C(N)N2CCSCC2)n1.I. The second kappa shape index (κ2) is 8.56. The van der Waals surface area contributed by atoms with Crippen molar-refractivity contribution in [1.29, 1.82) is 0 Å². The molecule has 2 rings (SSSR count). The van der Waals surface area contributed by atoms with Gasteiger partial charge in [0.25, 0.3) is 0 Å². The number of halogens is 1. The second-order valence-electron chi connectivity index (χ2n) is 4.66. The largest absolute Gasteiger partial charge is 0.370 e. The molecule has 0 amide bonds. The molecule has 1 saturated heterocycles. The number of nitrogens with two attached hydrogens (primary N) is 1. The van der Waals surface area contributed by atoms with Crippen LogP contribution in [-0.4, -0.2) is 54.5 Å². The lowest BCUT2D eigenvalue weighted by Crippen LogP contribution is -2.42. The number of nitrogens with zero attached hydrogens (tertiary/aromatic N) is 4. The minimum atomic E-state index is 0. The van der Waals surface area contributed by atoms with E-state index in [0.717, 1.165) is 36.1 Å². The fraction of sp³-hybridized carbons (Fsp3) is 0.538. The van der Waals surface area contributed by atoms with Crippen molar-refractivity contribution in [3.63, 3.8) is 0 Å². The van der Waals surface area contributed by atoms with Crippen LogP contribution in [0, 0.1) is 0 Å². The zero-order valence-electron chi connectivity index (χ0n) is 12.0. The average Bonchev–Trinajstić information content (AvgIpc) is 2.46. The Balaban J connectivity index is 0.00000200. The first-order valence-electron chi connectivity index (χ1n) is 6.42. The summed E-state index contributed by atoms with van der Waals surface area (Å²) in [4.78, 5) is 13.1. The Hall–Kier alpha value is -0.700. The number of anilines is 1. The van der Waals surface area contributed by atoms with Crippen LogP contribution in [0.1, 0.15) is 5.69 Å². The third kappa shape index (κ3) is 5.01. The topological polar surface area (TPSA) is 57.8 Å². The molecule has 112 valence electrons.